The van der Waals surface area contributed by atoms with E-state index in [0.717, 1.165) is 12.2 Å². The number of aryl methyl sites for hydroxylation is 1. The first kappa shape index (κ1) is 15.6. The van der Waals surface area contributed by atoms with Gasteiger partial charge in [0, 0.05) is 0 Å². The largest absolute Gasteiger partial charge is 0.487 e. The molecule has 21 heavy (non-hydrogen) atoms. The molecule has 0 saturated carbocycles. The van der Waals surface area contributed by atoms with Crippen molar-refractivity contribution in [1.82, 2.24) is 4.98 Å². The van der Waals surface area contributed by atoms with Crippen LogP contribution in [-0.2, 0) is 13.0 Å². The minimum atomic E-state index is 0.308. The first-order valence-corrected chi connectivity index (χ1v) is 7.44. The van der Waals surface area contributed by atoms with Gasteiger partial charge in [-0.15, -0.1) is 0 Å². The molecule has 2 aromatic rings. The highest BCUT2D eigenvalue weighted by Crippen LogP contribution is 2.20. The van der Waals surface area contributed by atoms with Crippen LogP contribution in [0.25, 0.3) is 0 Å². The molecule has 0 bridgehead atoms. The fraction of sp³-hybridized carbons (Fsp3) is 0.312. The minimum Gasteiger partial charge on any atom is -0.487 e. The van der Waals surface area contributed by atoms with Crippen molar-refractivity contribution in [3.05, 3.63) is 52.7 Å². The average molecular weight is 306 g/mol. The molecule has 4 nitrogen and oxygen atoms in total. The molecule has 0 unspecified atom stereocenters. The van der Waals surface area contributed by atoms with E-state index in [4.69, 9.17) is 22.2 Å². The molecular weight excluding hydrogens is 286 g/mol. The van der Waals surface area contributed by atoms with Crippen molar-refractivity contribution in [3.8, 4) is 5.75 Å². The van der Waals surface area contributed by atoms with Crippen LogP contribution in [0.2, 0.25) is 5.02 Å². The van der Waals surface area contributed by atoms with Gasteiger partial charge in [0.15, 0.2) is 0 Å². The van der Waals surface area contributed by atoms with E-state index in [1.54, 1.807) is 12.1 Å². The van der Waals surface area contributed by atoms with Crippen LogP contribution in [-0.4, -0.2) is 4.98 Å². The third kappa shape index (κ3) is 4.62. The van der Waals surface area contributed by atoms with Gasteiger partial charge in [-0.25, -0.2) is 10.8 Å². The Kier molecular flexibility index (Phi) is 5.84. The molecule has 0 aliphatic rings. The number of hydrogen-bond acceptors (Lipinski definition) is 4. The Balaban J connectivity index is 1.96. The van der Waals surface area contributed by atoms with Crippen molar-refractivity contribution in [2.75, 3.05) is 5.43 Å². The molecule has 0 saturated heterocycles. The molecule has 0 spiro atoms. The Morgan fingerprint density at radius 3 is 2.62 bits per heavy atom. The number of pyridine rings is 1. The van der Waals surface area contributed by atoms with Crippen molar-refractivity contribution in [2.24, 2.45) is 5.84 Å². The summed E-state index contributed by atoms with van der Waals surface area (Å²) >= 11 is 6.09. The van der Waals surface area contributed by atoms with E-state index < -0.39 is 0 Å². The highest BCUT2D eigenvalue weighted by molar-refractivity contribution is 6.31. The maximum Gasteiger partial charge on any atom is 0.140 e. The van der Waals surface area contributed by atoms with Crippen molar-refractivity contribution in [1.29, 1.82) is 0 Å². The topological polar surface area (TPSA) is 60.2 Å². The Hall–Kier alpha value is -1.78. The lowest BCUT2D eigenvalue weighted by molar-refractivity contribution is 0.301. The first-order valence-electron chi connectivity index (χ1n) is 7.06. The van der Waals surface area contributed by atoms with Gasteiger partial charge in [0.1, 0.15) is 18.2 Å². The molecule has 0 aliphatic carbocycles. The molecule has 3 N–H and O–H groups in total. The maximum atomic E-state index is 6.09. The summed E-state index contributed by atoms with van der Waals surface area (Å²) in [5, 5.41) is 0.563. The Bertz CT molecular complexity index is 572. The van der Waals surface area contributed by atoms with Crippen LogP contribution in [0.3, 0.4) is 0 Å². The van der Waals surface area contributed by atoms with Crippen LogP contribution in [0.4, 0.5) is 5.82 Å². The predicted octanol–water partition coefficient (Wildman–Crippen LogP) is 3.94. The van der Waals surface area contributed by atoms with Crippen molar-refractivity contribution in [3.63, 3.8) is 0 Å². The van der Waals surface area contributed by atoms with Gasteiger partial charge in [-0.2, -0.15) is 0 Å². The first-order chi connectivity index (χ1) is 10.2. The monoisotopic (exact) mass is 305 g/mol. The van der Waals surface area contributed by atoms with Gasteiger partial charge in [0.25, 0.3) is 0 Å². The second-order valence-electron chi connectivity index (χ2n) is 4.81. The van der Waals surface area contributed by atoms with Gasteiger partial charge in [-0.1, -0.05) is 37.1 Å². The van der Waals surface area contributed by atoms with Crippen molar-refractivity contribution < 1.29 is 4.74 Å². The molecule has 0 aliphatic heterocycles. The normalized spacial score (nSPS) is 10.4. The number of nitrogen functional groups attached to an aromatic ring is 1. The fourth-order valence-electron chi connectivity index (χ4n) is 1.95. The van der Waals surface area contributed by atoms with E-state index in [9.17, 15) is 0 Å². The van der Waals surface area contributed by atoms with E-state index in [2.05, 4.69) is 29.5 Å². The number of aromatic nitrogens is 1. The highest BCUT2D eigenvalue weighted by Gasteiger charge is 2.05. The van der Waals surface area contributed by atoms with Gasteiger partial charge < -0.3 is 10.2 Å². The van der Waals surface area contributed by atoms with Crippen LogP contribution >= 0.6 is 11.6 Å². The zero-order valence-corrected chi connectivity index (χ0v) is 12.9. The highest BCUT2D eigenvalue weighted by atomic mass is 35.5. The number of rotatable bonds is 7. The van der Waals surface area contributed by atoms with E-state index >= 15 is 0 Å². The zero-order chi connectivity index (χ0) is 15.1. The predicted molar refractivity (Wildman–Crippen MR) is 86.4 cm³/mol. The average Bonchev–Trinajstić information content (AvgIpc) is 2.53. The number of halogens is 1. The number of nitrogens with zero attached hydrogens (tertiary/aromatic N) is 1. The third-order valence-corrected chi connectivity index (χ3v) is 3.53. The molecule has 2 rings (SSSR count). The molecule has 1 heterocycles. The standard InChI is InChI=1S/C16H20ClN3O/c1-2-3-4-12-5-7-13(8-6-12)21-11-15-14(17)9-10-16(19-15)20-18/h5-10H,2-4,11,18H2,1H3,(H,19,20). The van der Waals surface area contributed by atoms with Gasteiger partial charge in [-0.3, -0.25) is 0 Å². The van der Waals surface area contributed by atoms with Crippen molar-refractivity contribution in [2.45, 2.75) is 32.8 Å². The molecule has 1 aromatic carbocycles. The van der Waals surface area contributed by atoms with Gasteiger partial charge in [-0.05, 0) is 42.7 Å². The van der Waals surface area contributed by atoms with Crippen LogP contribution in [0, 0.1) is 0 Å². The number of benzene rings is 1. The summed E-state index contributed by atoms with van der Waals surface area (Å²) in [4.78, 5) is 4.27. The van der Waals surface area contributed by atoms with E-state index in [0.29, 0.717) is 23.1 Å². The van der Waals surface area contributed by atoms with Crippen LogP contribution in [0.5, 0.6) is 5.75 Å². The summed E-state index contributed by atoms with van der Waals surface area (Å²) < 4.78 is 5.72. The Morgan fingerprint density at radius 2 is 1.95 bits per heavy atom. The van der Waals surface area contributed by atoms with E-state index in [-0.39, 0.29) is 0 Å². The molecule has 112 valence electrons. The zero-order valence-electron chi connectivity index (χ0n) is 12.1. The number of hydrazine groups is 1. The second-order valence-corrected chi connectivity index (χ2v) is 5.21. The smallest absolute Gasteiger partial charge is 0.140 e. The molecule has 0 amide bonds. The van der Waals surface area contributed by atoms with Gasteiger partial charge in [0.05, 0.1) is 10.7 Å². The van der Waals surface area contributed by atoms with Gasteiger partial charge >= 0.3 is 0 Å². The van der Waals surface area contributed by atoms with Gasteiger partial charge in [0.2, 0.25) is 0 Å². The van der Waals surface area contributed by atoms with Crippen LogP contribution in [0.1, 0.15) is 31.0 Å². The summed E-state index contributed by atoms with van der Waals surface area (Å²) in [6.07, 6.45) is 3.51. The van der Waals surface area contributed by atoms with E-state index in [1.165, 1.54) is 18.4 Å². The SMILES string of the molecule is CCCCc1ccc(OCc2nc(NN)ccc2Cl)cc1. The summed E-state index contributed by atoms with van der Waals surface area (Å²) in [6.45, 7) is 2.50. The lowest BCUT2D eigenvalue weighted by Crippen LogP contribution is -2.10. The third-order valence-electron chi connectivity index (χ3n) is 3.18. The maximum absolute atomic E-state index is 6.09. The lowest BCUT2D eigenvalue weighted by Gasteiger charge is -2.09. The fourth-order valence-corrected chi connectivity index (χ4v) is 2.11. The molecule has 5 heteroatoms. The van der Waals surface area contributed by atoms with Crippen LogP contribution in [0.15, 0.2) is 36.4 Å². The number of unbranched alkanes of at least 4 members (excludes halogenated alkanes) is 1. The summed E-state index contributed by atoms with van der Waals surface area (Å²) in [5.41, 5.74) is 4.48. The Labute approximate surface area is 130 Å². The summed E-state index contributed by atoms with van der Waals surface area (Å²) in [6, 6.07) is 11.6. The number of nitrogens with one attached hydrogen (secondary N) is 1. The number of hydrogen-bond donors (Lipinski definition) is 2. The molecule has 1 aromatic heterocycles. The quantitative estimate of drug-likeness (QED) is 0.601. The number of nitrogens with two attached hydrogens (primary N) is 1. The molecule has 0 fully saturated rings. The van der Waals surface area contributed by atoms with Crippen molar-refractivity contribution >= 4 is 17.4 Å². The Morgan fingerprint density at radius 1 is 1.19 bits per heavy atom. The minimum absolute atomic E-state index is 0.308. The van der Waals surface area contributed by atoms with Crippen LogP contribution < -0.4 is 16.0 Å². The van der Waals surface area contributed by atoms with E-state index in [1.807, 2.05) is 12.1 Å². The lowest BCUT2D eigenvalue weighted by atomic mass is 10.1. The summed E-state index contributed by atoms with van der Waals surface area (Å²) in [7, 11) is 0. The summed E-state index contributed by atoms with van der Waals surface area (Å²) in [5.74, 6) is 6.70. The molecule has 0 atom stereocenters. The number of anilines is 1. The molecular formula is C16H20ClN3O. The second kappa shape index (κ2) is 7.86. The molecule has 0 radical (unpaired) electrons. The number of ether oxygens (including phenoxy) is 1.